The van der Waals surface area contributed by atoms with Crippen LogP contribution in [0.4, 0.5) is 11.4 Å². The first-order valence-electron chi connectivity index (χ1n) is 8.54. The number of fused-ring (bicyclic) bond motifs is 1. The molecule has 6 heteroatoms. The number of nitrogens with zero attached hydrogens (tertiary/aromatic N) is 2. The zero-order valence-electron chi connectivity index (χ0n) is 13.9. The number of nitro benzene ring substituents is 1. The molecule has 6 nitrogen and oxygen atoms in total. The van der Waals surface area contributed by atoms with E-state index in [4.69, 9.17) is 4.74 Å². The van der Waals surface area contributed by atoms with E-state index in [1.807, 2.05) is 0 Å². The molecule has 1 fully saturated rings. The molecular weight excluding hydrogens is 306 g/mol. The molecule has 1 aromatic heterocycles. The van der Waals surface area contributed by atoms with Gasteiger partial charge in [-0.2, -0.15) is 0 Å². The minimum Gasteiger partial charge on any atom is -0.381 e. The highest BCUT2D eigenvalue weighted by molar-refractivity contribution is 5.96. The van der Waals surface area contributed by atoms with Crippen molar-refractivity contribution in [2.75, 3.05) is 18.5 Å². The van der Waals surface area contributed by atoms with Crippen molar-refractivity contribution in [1.82, 2.24) is 4.98 Å². The van der Waals surface area contributed by atoms with E-state index in [1.54, 1.807) is 24.4 Å². The Hall–Kier alpha value is -2.21. The highest BCUT2D eigenvalue weighted by Gasteiger charge is 2.21. The summed E-state index contributed by atoms with van der Waals surface area (Å²) in [7, 11) is 0. The van der Waals surface area contributed by atoms with E-state index in [0.29, 0.717) is 36.1 Å². The van der Waals surface area contributed by atoms with E-state index in [1.165, 1.54) is 25.3 Å². The van der Waals surface area contributed by atoms with E-state index < -0.39 is 0 Å². The number of pyridine rings is 1. The maximum Gasteiger partial charge on any atom is 0.278 e. The summed E-state index contributed by atoms with van der Waals surface area (Å²) in [6.07, 6.45) is 6.95. The van der Waals surface area contributed by atoms with Gasteiger partial charge in [0.2, 0.25) is 0 Å². The molecule has 0 amide bonds. The van der Waals surface area contributed by atoms with Crippen LogP contribution < -0.4 is 5.32 Å². The number of nitrogens with one attached hydrogen (secondary N) is 1. The van der Waals surface area contributed by atoms with E-state index in [0.717, 1.165) is 12.1 Å². The van der Waals surface area contributed by atoms with Crippen molar-refractivity contribution in [1.29, 1.82) is 0 Å². The summed E-state index contributed by atoms with van der Waals surface area (Å²) in [6, 6.07) is 6.69. The van der Waals surface area contributed by atoms with Crippen molar-refractivity contribution in [2.24, 2.45) is 5.92 Å². The van der Waals surface area contributed by atoms with Gasteiger partial charge in [0.25, 0.3) is 5.69 Å². The topological polar surface area (TPSA) is 77.3 Å². The Morgan fingerprint density at radius 2 is 2.17 bits per heavy atom. The number of hydrogen-bond acceptors (Lipinski definition) is 5. The van der Waals surface area contributed by atoms with Crippen molar-refractivity contribution in [2.45, 2.75) is 38.7 Å². The normalized spacial score (nSPS) is 20.9. The Morgan fingerprint density at radius 1 is 1.33 bits per heavy atom. The van der Waals surface area contributed by atoms with Crippen LogP contribution in [0.1, 0.15) is 32.6 Å². The molecule has 2 aromatic rings. The Morgan fingerprint density at radius 3 is 2.96 bits per heavy atom. The maximum absolute atomic E-state index is 11.1. The van der Waals surface area contributed by atoms with Crippen molar-refractivity contribution < 1.29 is 9.66 Å². The summed E-state index contributed by atoms with van der Waals surface area (Å²) in [5, 5.41) is 15.0. The molecule has 1 aliphatic rings. The van der Waals surface area contributed by atoms with Gasteiger partial charge in [0.05, 0.1) is 28.7 Å². The van der Waals surface area contributed by atoms with Crippen LogP contribution in [-0.4, -0.2) is 29.2 Å². The zero-order chi connectivity index (χ0) is 16.9. The molecule has 0 radical (unpaired) electrons. The molecule has 1 saturated carbocycles. The monoisotopic (exact) mass is 329 g/mol. The fourth-order valence-corrected chi connectivity index (χ4v) is 3.39. The fraction of sp³-hybridized carbons (Fsp3) is 0.500. The number of rotatable bonds is 6. The third-order valence-electron chi connectivity index (χ3n) is 4.73. The Bertz CT molecular complexity index is 720. The van der Waals surface area contributed by atoms with Crippen molar-refractivity contribution in [3.63, 3.8) is 0 Å². The first kappa shape index (κ1) is 16.6. The second-order valence-corrected chi connectivity index (χ2v) is 6.39. The molecule has 0 bridgehead atoms. The molecular formula is C18H23N3O3. The maximum atomic E-state index is 11.1. The third-order valence-corrected chi connectivity index (χ3v) is 4.73. The number of benzene rings is 1. The lowest BCUT2D eigenvalue weighted by molar-refractivity contribution is -0.383. The second kappa shape index (κ2) is 7.57. The summed E-state index contributed by atoms with van der Waals surface area (Å²) in [6.45, 7) is 3.54. The summed E-state index contributed by atoms with van der Waals surface area (Å²) in [5.74, 6) is 0.626. The molecule has 0 spiro atoms. The van der Waals surface area contributed by atoms with Gasteiger partial charge in [0.1, 0.15) is 5.52 Å². The van der Waals surface area contributed by atoms with Gasteiger partial charge in [-0.15, -0.1) is 0 Å². The van der Waals surface area contributed by atoms with E-state index in [-0.39, 0.29) is 10.6 Å². The van der Waals surface area contributed by atoms with Crippen LogP contribution in [0.5, 0.6) is 0 Å². The lowest BCUT2D eigenvalue weighted by Gasteiger charge is -2.28. The molecule has 1 aliphatic carbocycles. The fourth-order valence-electron chi connectivity index (χ4n) is 3.39. The Kier molecular flexibility index (Phi) is 5.25. The van der Waals surface area contributed by atoms with Gasteiger partial charge in [0.15, 0.2) is 0 Å². The first-order chi connectivity index (χ1) is 11.7. The molecule has 0 saturated heterocycles. The van der Waals surface area contributed by atoms with Crippen molar-refractivity contribution in [3.8, 4) is 0 Å². The van der Waals surface area contributed by atoms with Gasteiger partial charge in [-0.1, -0.05) is 19.8 Å². The van der Waals surface area contributed by atoms with Gasteiger partial charge in [0, 0.05) is 18.8 Å². The third kappa shape index (κ3) is 3.64. The number of hydrogen-bond donors (Lipinski definition) is 1. The largest absolute Gasteiger partial charge is 0.381 e. The average molecular weight is 329 g/mol. The van der Waals surface area contributed by atoms with E-state index >= 15 is 0 Å². The molecule has 128 valence electrons. The van der Waals surface area contributed by atoms with Gasteiger partial charge in [-0.25, -0.2) is 0 Å². The number of nitro groups is 1. The van der Waals surface area contributed by atoms with Crippen LogP contribution in [0.2, 0.25) is 0 Å². The van der Waals surface area contributed by atoms with Gasteiger partial charge >= 0.3 is 0 Å². The lowest BCUT2D eigenvalue weighted by Crippen LogP contribution is -2.27. The van der Waals surface area contributed by atoms with Crippen molar-refractivity contribution >= 4 is 22.3 Å². The van der Waals surface area contributed by atoms with Crippen LogP contribution in [0, 0.1) is 16.0 Å². The van der Waals surface area contributed by atoms with Crippen LogP contribution in [0.3, 0.4) is 0 Å². The summed E-state index contributed by atoms with van der Waals surface area (Å²) >= 11 is 0. The van der Waals surface area contributed by atoms with Crippen LogP contribution in [-0.2, 0) is 4.74 Å². The molecule has 2 atom stereocenters. The number of anilines is 1. The number of ether oxygens (including phenoxy) is 1. The molecule has 1 N–H and O–H groups in total. The zero-order valence-corrected chi connectivity index (χ0v) is 13.9. The predicted molar refractivity (Wildman–Crippen MR) is 94.3 cm³/mol. The SMILES string of the molecule is C[C@@H]1CCCC[C@H]1OCCNc1ccc([N+](=O)[O-])c2cccnc12. The Labute approximate surface area is 141 Å². The quantitative estimate of drug-likeness (QED) is 0.489. The van der Waals surface area contributed by atoms with Crippen LogP contribution >= 0.6 is 0 Å². The molecule has 1 heterocycles. The number of aromatic nitrogens is 1. The summed E-state index contributed by atoms with van der Waals surface area (Å²) < 4.78 is 6.00. The molecule has 0 aliphatic heterocycles. The first-order valence-corrected chi connectivity index (χ1v) is 8.54. The summed E-state index contributed by atoms with van der Waals surface area (Å²) in [5.41, 5.74) is 1.50. The van der Waals surface area contributed by atoms with E-state index in [9.17, 15) is 10.1 Å². The van der Waals surface area contributed by atoms with Crippen molar-refractivity contribution in [3.05, 3.63) is 40.6 Å². The standard InChI is InChI=1S/C18H23N3O3/c1-13-5-2-3-7-17(13)24-12-11-19-15-8-9-16(21(22)23)14-6-4-10-20-18(14)15/h4,6,8-10,13,17,19H,2-3,5,7,11-12H2,1H3/t13-,17-/m1/s1. The summed E-state index contributed by atoms with van der Waals surface area (Å²) in [4.78, 5) is 15.1. The lowest BCUT2D eigenvalue weighted by atomic mass is 9.88. The number of non-ortho nitro benzene ring substituents is 1. The Balaban J connectivity index is 1.63. The van der Waals surface area contributed by atoms with Gasteiger partial charge in [-0.3, -0.25) is 15.1 Å². The smallest absolute Gasteiger partial charge is 0.278 e. The molecule has 3 rings (SSSR count). The van der Waals surface area contributed by atoms with Gasteiger partial charge in [-0.05, 0) is 37.0 Å². The highest BCUT2D eigenvalue weighted by atomic mass is 16.6. The molecule has 1 aromatic carbocycles. The van der Waals surface area contributed by atoms with Crippen LogP contribution in [0.15, 0.2) is 30.5 Å². The minimum atomic E-state index is -0.374. The highest BCUT2D eigenvalue weighted by Crippen LogP contribution is 2.30. The minimum absolute atomic E-state index is 0.0796. The molecule has 24 heavy (non-hydrogen) atoms. The average Bonchev–Trinajstić information content (AvgIpc) is 2.59. The predicted octanol–water partition coefficient (Wildman–Crippen LogP) is 4.15. The molecule has 0 unspecified atom stereocenters. The second-order valence-electron chi connectivity index (χ2n) is 6.39. The van der Waals surface area contributed by atoms with Crippen LogP contribution in [0.25, 0.3) is 10.9 Å². The van der Waals surface area contributed by atoms with Gasteiger partial charge < -0.3 is 10.1 Å². The van der Waals surface area contributed by atoms with E-state index in [2.05, 4.69) is 17.2 Å².